The summed E-state index contributed by atoms with van der Waals surface area (Å²) in [6.07, 6.45) is -5.07. The van der Waals surface area contributed by atoms with E-state index in [1.165, 1.54) is 4.90 Å². The van der Waals surface area contributed by atoms with Crippen LogP contribution in [0.1, 0.15) is 6.42 Å². The second kappa shape index (κ2) is 7.76. The summed E-state index contributed by atoms with van der Waals surface area (Å²) in [6, 6.07) is -0.539. The molecule has 21 heavy (non-hydrogen) atoms. The fourth-order valence-corrected chi connectivity index (χ4v) is 2.74. The maximum absolute atomic E-state index is 10.6. The molecule has 10 nitrogen and oxygen atoms in total. The summed E-state index contributed by atoms with van der Waals surface area (Å²) in [5.74, 6) is 0. The first kappa shape index (κ1) is 18.7. The standard InChI is InChI=1S/C10H21NO9S/c12-4-6-1-7(14)8(15)2-11(6)3-9(16)10(5-13)20-21(17,18)19/h6-10,12-16H,1-5H2,(H,17,18,19)/t6-,7-,8-,9+,10-/m1/s1. The monoisotopic (exact) mass is 331 g/mol. The first-order chi connectivity index (χ1) is 9.67. The van der Waals surface area contributed by atoms with Gasteiger partial charge in [0, 0.05) is 19.1 Å². The van der Waals surface area contributed by atoms with Gasteiger partial charge in [-0.05, 0) is 6.42 Å². The molecule has 0 spiro atoms. The van der Waals surface area contributed by atoms with Gasteiger partial charge in [-0.1, -0.05) is 0 Å². The van der Waals surface area contributed by atoms with Crippen LogP contribution in [0, 0.1) is 0 Å². The summed E-state index contributed by atoms with van der Waals surface area (Å²) in [6.45, 7) is -1.47. The van der Waals surface area contributed by atoms with Gasteiger partial charge in [0.15, 0.2) is 0 Å². The Hall–Kier alpha value is -0.370. The zero-order valence-electron chi connectivity index (χ0n) is 11.2. The number of rotatable bonds is 7. The minimum absolute atomic E-state index is 0.0481. The molecular formula is C10H21NO9S. The zero-order chi connectivity index (χ0) is 16.2. The molecule has 0 aromatic heterocycles. The number of β-amino-alcohol motifs (C(OH)–C–C–N with tert-alkyl or cyclic N) is 2. The van der Waals surface area contributed by atoms with Crippen molar-refractivity contribution >= 4 is 10.4 Å². The molecule has 0 saturated carbocycles. The molecule has 6 N–H and O–H groups in total. The Morgan fingerprint density at radius 2 is 1.86 bits per heavy atom. The third-order valence-electron chi connectivity index (χ3n) is 3.38. The highest BCUT2D eigenvalue weighted by Gasteiger charge is 2.36. The van der Waals surface area contributed by atoms with Crippen molar-refractivity contribution in [3.63, 3.8) is 0 Å². The Bertz CT molecular complexity index is 417. The van der Waals surface area contributed by atoms with Crippen LogP contribution < -0.4 is 0 Å². The normalized spacial score (nSPS) is 31.0. The van der Waals surface area contributed by atoms with E-state index in [4.69, 9.17) is 9.66 Å². The Morgan fingerprint density at radius 3 is 2.33 bits per heavy atom. The van der Waals surface area contributed by atoms with E-state index >= 15 is 0 Å². The van der Waals surface area contributed by atoms with Gasteiger partial charge < -0.3 is 25.5 Å². The summed E-state index contributed by atoms with van der Waals surface area (Å²) in [5, 5.41) is 47.2. The van der Waals surface area contributed by atoms with E-state index in [1.807, 2.05) is 0 Å². The molecule has 0 aromatic carbocycles. The van der Waals surface area contributed by atoms with Crippen molar-refractivity contribution in [1.29, 1.82) is 0 Å². The van der Waals surface area contributed by atoms with Crippen molar-refractivity contribution in [3.8, 4) is 0 Å². The number of nitrogens with zero attached hydrogens (tertiary/aromatic N) is 1. The maximum Gasteiger partial charge on any atom is 0.397 e. The van der Waals surface area contributed by atoms with Crippen molar-refractivity contribution in [2.45, 2.75) is 36.9 Å². The van der Waals surface area contributed by atoms with Crippen LogP contribution in [0.2, 0.25) is 0 Å². The molecule has 1 rings (SSSR count). The van der Waals surface area contributed by atoms with E-state index in [2.05, 4.69) is 4.18 Å². The molecule has 1 aliphatic rings. The van der Waals surface area contributed by atoms with Gasteiger partial charge in [0.2, 0.25) is 0 Å². The van der Waals surface area contributed by atoms with Crippen molar-refractivity contribution in [1.82, 2.24) is 4.90 Å². The topological polar surface area (TPSA) is 168 Å². The van der Waals surface area contributed by atoms with Crippen molar-refractivity contribution in [2.75, 3.05) is 26.3 Å². The molecule has 1 heterocycles. The molecule has 126 valence electrons. The van der Waals surface area contributed by atoms with Gasteiger partial charge in [-0.3, -0.25) is 9.45 Å². The van der Waals surface area contributed by atoms with Gasteiger partial charge in [-0.15, -0.1) is 0 Å². The van der Waals surface area contributed by atoms with Crippen LogP contribution in [-0.4, -0.2) is 100 Å². The van der Waals surface area contributed by atoms with Gasteiger partial charge in [0.05, 0.1) is 31.5 Å². The molecule has 11 heteroatoms. The van der Waals surface area contributed by atoms with Gasteiger partial charge >= 0.3 is 10.4 Å². The zero-order valence-corrected chi connectivity index (χ0v) is 12.0. The average molecular weight is 331 g/mol. The molecule has 1 aliphatic heterocycles. The summed E-state index contributed by atoms with van der Waals surface area (Å²) < 4.78 is 33.9. The van der Waals surface area contributed by atoms with Crippen molar-refractivity contribution in [2.24, 2.45) is 0 Å². The molecule has 1 fully saturated rings. The van der Waals surface area contributed by atoms with Gasteiger partial charge in [0.1, 0.15) is 6.10 Å². The minimum Gasteiger partial charge on any atom is -0.395 e. The fourth-order valence-electron chi connectivity index (χ4n) is 2.24. The Labute approximate surface area is 122 Å². The summed E-state index contributed by atoms with van der Waals surface area (Å²) in [5.41, 5.74) is 0. The second-order valence-electron chi connectivity index (χ2n) is 4.97. The van der Waals surface area contributed by atoms with Crippen LogP contribution in [0.15, 0.2) is 0 Å². The molecule has 0 aliphatic carbocycles. The van der Waals surface area contributed by atoms with E-state index in [9.17, 15) is 28.8 Å². The molecular weight excluding hydrogens is 310 g/mol. The largest absolute Gasteiger partial charge is 0.397 e. The van der Waals surface area contributed by atoms with Crippen LogP contribution in [0.3, 0.4) is 0 Å². The highest BCUT2D eigenvalue weighted by molar-refractivity contribution is 7.80. The molecule has 0 bridgehead atoms. The number of aliphatic hydroxyl groups is 5. The summed E-state index contributed by atoms with van der Waals surface area (Å²) >= 11 is 0. The number of likely N-dealkylation sites (tertiary alicyclic amines) is 1. The molecule has 0 radical (unpaired) electrons. The fraction of sp³-hybridized carbons (Fsp3) is 1.00. The van der Waals surface area contributed by atoms with E-state index in [0.717, 1.165) is 0 Å². The predicted molar refractivity (Wildman–Crippen MR) is 68.6 cm³/mol. The number of hydrogen-bond donors (Lipinski definition) is 6. The highest BCUT2D eigenvalue weighted by atomic mass is 32.3. The quantitative estimate of drug-likeness (QED) is 0.255. The summed E-state index contributed by atoms with van der Waals surface area (Å²) in [7, 11) is -4.84. The minimum atomic E-state index is -4.84. The third-order valence-corrected chi connectivity index (χ3v) is 3.87. The lowest BCUT2D eigenvalue weighted by molar-refractivity contribution is -0.0918. The first-order valence-electron chi connectivity index (χ1n) is 6.33. The van der Waals surface area contributed by atoms with Crippen LogP contribution in [0.25, 0.3) is 0 Å². The third kappa shape index (κ3) is 5.73. The van der Waals surface area contributed by atoms with Crippen LogP contribution in [0.5, 0.6) is 0 Å². The van der Waals surface area contributed by atoms with Gasteiger partial charge in [-0.25, -0.2) is 4.18 Å². The lowest BCUT2D eigenvalue weighted by atomic mass is 9.97. The number of hydrogen-bond acceptors (Lipinski definition) is 9. The Kier molecular flexibility index (Phi) is 6.90. The molecule has 0 unspecified atom stereocenters. The number of aliphatic hydroxyl groups excluding tert-OH is 5. The molecule has 5 atom stereocenters. The van der Waals surface area contributed by atoms with Crippen LogP contribution in [-0.2, 0) is 14.6 Å². The SMILES string of the molecule is O=S(=O)(O)O[C@H](CO)[C@@H](O)CN1C[C@@H](O)[C@H](O)C[C@@H]1CO. The van der Waals surface area contributed by atoms with Gasteiger partial charge in [0.25, 0.3) is 0 Å². The van der Waals surface area contributed by atoms with Crippen LogP contribution in [0.4, 0.5) is 0 Å². The van der Waals surface area contributed by atoms with E-state index in [0.29, 0.717) is 0 Å². The maximum atomic E-state index is 10.6. The number of piperidine rings is 1. The summed E-state index contributed by atoms with van der Waals surface area (Å²) in [4.78, 5) is 1.44. The first-order valence-corrected chi connectivity index (χ1v) is 7.70. The predicted octanol–water partition coefficient (Wildman–Crippen LogP) is -3.68. The van der Waals surface area contributed by atoms with E-state index in [1.54, 1.807) is 0 Å². The molecule has 0 aromatic rings. The van der Waals surface area contributed by atoms with Gasteiger partial charge in [-0.2, -0.15) is 8.42 Å². The Balaban J connectivity index is 2.68. The highest BCUT2D eigenvalue weighted by Crippen LogP contribution is 2.19. The lowest BCUT2D eigenvalue weighted by Crippen LogP contribution is -2.56. The van der Waals surface area contributed by atoms with E-state index in [-0.39, 0.29) is 26.1 Å². The lowest BCUT2D eigenvalue weighted by Gasteiger charge is -2.41. The average Bonchev–Trinajstić information content (AvgIpc) is 2.38. The van der Waals surface area contributed by atoms with E-state index < -0.39 is 47.5 Å². The van der Waals surface area contributed by atoms with Crippen LogP contribution >= 0.6 is 0 Å². The Morgan fingerprint density at radius 1 is 1.24 bits per heavy atom. The molecule has 0 amide bonds. The van der Waals surface area contributed by atoms with Crippen molar-refractivity contribution < 1.29 is 42.7 Å². The second-order valence-corrected chi connectivity index (χ2v) is 6.02. The van der Waals surface area contributed by atoms with Crippen molar-refractivity contribution in [3.05, 3.63) is 0 Å². The molecule has 1 saturated heterocycles. The smallest absolute Gasteiger partial charge is 0.395 e.